The average molecular weight is 321 g/mol. The number of benzene rings is 2. The van der Waals surface area contributed by atoms with Gasteiger partial charge >= 0.3 is 0 Å². The Bertz CT molecular complexity index is 793. The van der Waals surface area contributed by atoms with Crippen LogP contribution in [0, 0.1) is 11.3 Å². The number of nitriles is 1. The van der Waals surface area contributed by atoms with Crippen molar-refractivity contribution in [3.63, 3.8) is 0 Å². The second-order valence-electron chi connectivity index (χ2n) is 5.41. The lowest BCUT2D eigenvalue weighted by Crippen LogP contribution is -2.35. The van der Waals surface area contributed by atoms with Crippen molar-refractivity contribution in [2.45, 2.75) is 13.3 Å². The van der Waals surface area contributed by atoms with Gasteiger partial charge in [0.05, 0.1) is 18.2 Å². The van der Waals surface area contributed by atoms with Crippen LogP contribution in [0.5, 0.6) is 0 Å². The van der Waals surface area contributed by atoms with Gasteiger partial charge in [-0.05, 0) is 36.2 Å². The summed E-state index contributed by atoms with van der Waals surface area (Å²) in [6, 6.07) is 16.0. The van der Waals surface area contributed by atoms with Crippen molar-refractivity contribution in [2.75, 3.05) is 18.9 Å². The number of rotatable bonds is 5. The molecule has 2 rings (SSSR count). The number of anilines is 1. The molecule has 0 aliphatic heterocycles. The fraction of sp³-hybridized carbons (Fsp3) is 0.211. The fourth-order valence-corrected chi connectivity index (χ4v) is 2.37. The number of carbonyl (C=O) groups excluding carboxylic acids is 2. The molecule has 5 nitrogen and oxygen atoms in total. The molecule has 0 saturated carbocycles. The summed E-state index contributed by atoms with van der Waals surface area (Å²) in [7, 11) is 1.56. The molecular formula is C19H19N3O2. The summed E-state index contributed by atoms with van der Waals surface area (Å²) < 4.78 is 0. The molecule has 2 aromatic rings. The molecule has 0 heterocycles. The maximum Gasteiger partial charge on any atom is 0.254 e. The zero-order valence-corrected chi connectivity index (χ0v) is 13.7. The van der Waals surface area contributed by atoms with Gasteiger partial charge in [0, 0.05) is 18.3 Å². The van der Waals surface area contributed by atoms with Crippen molar-refractivity contribution in [1.29, 1.82) is 5.26 Å². The summed E-state index contributed by atoms with van der Waals surface area (Å²) in [5, 5.41) is 11.7. The van der Waals surface area contributed by atoms with E-state index in [0.29, 0.717) is 11.1 Å². The number of likely N-dealkylation sites (N-methyl/N-ethyl adjacent to an activating group) is 1. The number of para-hydroxylation sites is 1. The van der Waals surface area contributed by atoms with E-state index in [4.69, 9.17) is 5.26 Å². The van der Waals surface area contributed by atoms with Crippen LogP contribution in [0.3, 0.4) is 0 Å². The van der Waals surface area contributed by atoms with Gasteiger partial charge in [-0.2, -0.15) is 5.26 Å². The van der Waals surface area contributed by atoms with E-state index in [2.05, 4.69) is 5.32 Å². The monoisotopic (exact) mass is 321 g/mol. The van der Waals surface area contributed by atoms with Crippen LogP contribution < -0.4 is 5.32 Å². The zero-order valence-electron chi connectivity index (χ0n) is 13.7. The largest absolute Gasteiger partial charge is 0.332 e. The first-order chi connectivity index (χ1) is 11.5. The van der Waals surface area contributed by atoms with E-state index < -0.39 is 0 Å². The number of hydrogen-bond acceptors (Lipinski definition) is 3. The maximum atomic E-state index is 12.4. The van der Waals surface area contributed by atoms with Crippen LogP contribution in [-0.2, 0) is 11.2 Å². The minimum Gasteiger partial charge on any atom is -0.332 e. The highest BCUT2D eigenvalue weighted by atomic mass is 16.2. The fourth-order valence-electron chi connectivity index (χ4n) is 2.37. The molecule has 0 aliphatic carbocycles. The molecule has 2 aromatic carbocycles. The summed E-state index contributed by atoms with van der Waals surface area (Å²) in [4.78, 5) is 25.9. The van der Waals surface area contributed by atoms with Gasteiger partial charge in [0.1, 0.15) is 0 Å². The molecule has 0 bridgehead atoms. The van der Waals surface area contributed by atoms with Crippen LogP contribution in [0.4, 0.5) is 5.69 Å². The number of aryl methyl sites for hydroxylation is 1. The van der Waals surface area contributed by atoms with Crippen molar-refractivity contribution < 1.29 is 9.59 Å². The molecule has 0 saturated heterocycles. The van der Waals surface area contributed by atoms with Crippen LogP contribution in [-0.4, -0.2) is 30.3 Å². The highest BCUT2D eigenvalue weighted by Gasteiger charge is 2.16. The molecule has 24 heavy (non-hydrogen) atoms. The first-order valence-corrected chi connectivity index (χ1v) is 7.68. The first kappa shape index (κ1) is 17.2. The molecule has 0 spiro atoms. The van der Waals surface area contributed by atoms with Crippen LogP contribution in [0.2, 0.25) is 0 Å². The molecule has 0 atom stereocenters. The lowest BCUT2D eigenvalue weighted by molar-refractivity contribution is -0.116. The normalized spacial score (nSPS) is 9.88. The Hall–Kier alpha value is -3.13. The first-order valence-electron chi connectivity index (χ1n) is 7.68. The Morgan fingerprint density at radius 1 is 1.17 bits per heavy atom. The molecule has 0 aromatic heterocycles. The Morgan fingerprint density at radius 2 is 1.92 bits per heavy atom. The third-order valence-electron chi connectivity index (χ3n) is 3.64. The SMILES string of the molecule is CCc1ccccc1NC(=O)CN(C)C(=O)c1cccc(C#N)c1. The molecule has 0 unspecified atom stereocenters. The van der Waals surface area contributed by atoms with E-state index in [1.807, 2.05) is 37.3 Å². The minimum atomic E-state index is -0.300. The third-order valence-corrected chi connectivity index (χ3v) is 3.64. The van der Waals surface area contributed by atoms with E-state index in [0.717, 1.165) is 17.7 Å². The van der Waals surface area contributed by atoms with Gasteiger partial charge in [0.15, 0.2) is 0 Å². The standard InChI is InChI=1S/C19H19N3O2/c1-3-15-8-4-5-10-17(15)21-18(23)13-22(2)19(24)16-9-6-7-14(11-16)12-20/h4-11H,3,13H2,1-2H3,(H,21,23). The molecular weight excluding hydrogens is 302 g/mol. The molecule has 2 amide bonds. The summed E-state index contributed by atoms with van der Waals surface area (Å²) in [5.74, 6) is -0.561. The van der Waals surface area contributed by atoms with E-state index in [9.17, 15) is 9.59 Å². The number of nitrogens with one attached hydrogen (secondary N) is 1. The minimum absolute atomic E-state index is 0.0618. The van der Waals surface area contributed by atoms with E-state index in [1.165, 1.54) is 11.0 Å². The second kappa shape index (κ2) is 7.93. The summed E-state index contributed by atoms with van der Waals surface area (Å²) in [6.45, 7) is 1.95. The van der Waals surface area contributed by atoms with Gasteiger partial charge in [-0.15, -0.1) is 0 Å². The smallest absolute Gasteiger partial charge is 0.254 e. The number of amides is 2. The van der Waals surface area contributed by atoms with Gasteiger partial charge < -0.3 is 10.2 Å². The predicted octanol–water partition coefficient (Wildman–Crippen LogP) is 2.83. The summed E-state index contributed by atoms with van der Waals surface area (Å²) >= 11 is 0. The van der Waals surface area contributed by atoms with Crippen LogP contribution in [0.15, 0.2) is 48.5 Å². The number of hydrogen-bond donors (Lipinski definition) is 1. The highest BCUT2D eigenvalue weighted by Crippen LogP contribution is 2.15. The van der Waals surface area contributed by atoms with E-state index in [1.54, 1.807) is 25.2 Å². The third kappa shape index (κ3) is 4.20. The van der Waals surface area contributed by atoms with Crippen molar-refractivity contribution in [3.05, 3.63) is 65.2 Å². The van der Waals surface area contributed by atoms with E-state index >= 15 is 0 Å². The molecule has 0 aliphatic rings. The predicted molar refractivity (Wildman–Crippen MR) is 92.6 cm³/mol. The van der Waals surface area contributed by atoms with Crippen LogP contribution in [0.1, 0.15) is 28.4 Å². The zero-order chi connectivity index (χ0) is 17.5. The molecule has 0 radical (unpaired) electrons. The lowest BCUT2D eigenvalue weighted by Gasteiger charge is -2.17. The maximum absolute atomic E-state index is 12.4. The quantitative estimate of drug-likeness (QED) is 0.920. The van der Waals surface area contributed by atoms with Crippen LogP contribution in [0.25, 0.3) is 0 Å². The number of nitrogens with zero attached hydrogens (tertiary/aromatic N) is 2. The molecule has 5 heteroatoms. The average Bonchev–Trinajstić information content (AvgIpc) is 2.61. The van der Waals surface area contributed by atoms with Gasteiger partial charge in [0.25, 0.3) is 5.91 Å². The van der Waals surface area contributed by atoms with Crippen molar-refractivity contribution in [3.8, 4) is 6.07 Å². The van der Waals surface area contributed by atoms with Crippen molar-refractivity contribution >= 4 is 17.5 Å². The second-order valence-corrected chi connectivity index (χ2v) is 5.41. The topological polar surface area (TPSA) is 73.2 Å². The van der Waals surface area contributed by atoms with Crippen LogP contribution >= 0.6 is 0 Å². The lowest BCUT2D eigenvalue weighted by atomic mass is 10.1. The molecule has 0 fully saturated rings. The van der Waals surface area contributed by atoms with Gasteiger partial charge in [0.2, 0.25) is 5.91 Å². The van der Waals surface area contributed by atoms with Crippen molar-refractivity contribution in [2.24, 2.45) is 0 Å². The Labute approximate surface area is 141 Å². The molecule has 122 valence electrons. The Balaban J connectivity index is 2.03. The van der Waals surface area contributed by atoms with Crippen molar-refractivity contribution in [1.82, 2.24) is 4.90 Å². The molecule has 1 N–H and O–H groups in total. The van der Waals surface area contributed by atoms with Gasteiger partial charge in [-0.3, -0.25) is 9.59 Å². The number of carbonyl (C=O) groups is 2. The summed E-state index contributed by atoms with van der Waals surface area (Å²) in [6.07, 6.45) is 0.812. The highest BCUT2D eigenvalue weighted by molar-refractivity contribution is 5.99. The van der Waals surface area contributed by atoms with E-state index in [-0.39, 0.29) is 18.4 Å². The summed E-state index contributed by atoms with van der Waals surface area (Å²) in [5.41, 5.74) is 2.60. The Kier molecular flexibility index (Phi) is 5.69. The van der Waals surface area contributed by atoms with Gasteiger partial charge in [-0.25, -0.2) is 0 Å². The van der Waals surface area contributed by atoms with Gasteiger partial charge in [-0.1, -0.05) is 31.2 Å². The Morgan fingerprint density at radius 3 is 2.62 bits per heavy atom.